The van der Waals surface area contributed by atoms with Gasteiger partial charge in [0.1, 0.15) is 12.7 Å². The summed E-state index contributed by atoms with van der Waals surface area (Å²) >= 11 is 0. The molecule has 1 amide bonds. The Morgan fingerprint density at radius 3 is 1.24 bits per heavy atom. The van der Waals surface area contributed by atoms with E-state index in [-0.39, 0.29) is 12.8 Å². The number of aliphatic hydroxyl groups is 1. The van der Waals surface area contributed by atoms with Gasteiger partial charge in [0.15, 0.2) is 6.04 Å². The van der Waals surface area contributed by atoms with Gasteiger partial charge in [0.2, 0.25) is 5.91 Å². The molecule has 0 aromatic rings. The number of allylic oxidation sites excluding steroid dienone is 12. The quantitative estimate of drug-likeness (QED) is 0.0199. The van der Waals surface area contributed by atoms with Crippen molar-refractivity contribution in [2.45, 2.75) is 257 Å². The largest absolute Gasteiger partial charge is 0.480 e. The van der Waals surface area contributed by atoms with Crippen molar-refractivity contribution in [2.75, 3.05) is 19.8 Å². The summed E-state index contributed by atoms with van der Waals surface area (Å²) in [6.45, 7) is 2.50. The number of phosphoric ester groups is 1. The Labute approximate surface area is 427 Å². The monoisotopic (exact) mass is 1000 g/mol. The molecule has 0 saturated heterocycles. The number of hydrogen-bond donors (Lipinski definition) is 4. The first-order chi connectivity index (χ1) is 34.1. The lowest BCUT2D eigenvalue weighted by Crippen LogP contribution is -2.43. The molecule has 0 aliphatic rings. The number of carbonyl (C=O) groups is 3. The lowest BCUT2D eigenvalue weighted by Gasteiger charge is -2.18. The van der Waals surface area contributed by atoms with E-state index in [1.165, 1.54) is 122 Å². The molecule has 12 heteroatoms. The number of unbranched alkanes of at least 4 members (excludes halogenated alkanes) is 26. The Morgan fingerprint density at radius 1 is 0.471 bits per heavy atom. The third-order valence-electron chi connectivity index (χ3n) is 12.0. The van der Waals surface area contributed by atoms with Gasteiger partial charge in [0, 0.05) is 12.8 Å². The Balaban J connectivity index is 3.83. The van der Waals surface area contributed by atoms with Gasteiger partial charge in [0.25, 0.3) is 0 Å². The molecular formula is C58H102NO10P. The number of esters is 1. The van der Waals surface area contributed by atoms with Crippen molar-refractivity contribution in [2.24, 2.45) is 0 Å². The molecule has 0 fully saturated rings. The van der Waals surface area contributed by atoms with Crippen molar-refractivity contribution in [1.29, 1.82) is 0 Å². The number of carboxylic acid groups (broad SMARTS) is 1. The van der Waals surface area contributed by atoms with Crippen molar-refractivity contribution in [3.8, 4) is 0 Å². The maximum absolute atomic E-state index is 12.4. The number of aliphatic hydroxyl groups excluding tert-OH is 1. The van der Waals surface area contributed by atoms with E-state index >= 15 is 0 Å². The van der Waals surface area contributed by atoms with E-state index < -0.39 is 57.6 Å². The molecule has 4 N–H and O–H groups in total. The molecule has 0 aromatic carbocycles. The summed E-state index contributed by atoms with van der Waals surface area (Å²) in [5.41, 5.74) is 0. The number of rotatable bonds is 52. The van der Waals surface area contributed by atoms with Crippen LogP contribution in [0.25, 0.3) is 0 Å². The molecule has 0 radical (unpaired) electrons. The van der Waals surface area contributed by atoms with E-state index in [1.54, 1.807) is 0 Å². The van der Waals surface area contributed by atoms with Gasteiger partial charge >= 0.3 is 19.8 Å². The summed E-state index contributed by atoms with van der Waals surface area (Å²) in [5.74, 6) is -2.40. The highest BCUT2D eigenvalue weighted by Crippen LogP contribution is 2.43. The van der Waals surface area contributed by atoms with Gasteiger partial charge in [0.05, 0.1) is 13.2 Å². The number of nitrogens with one attached hydrogen (secondary N) is 1. The average Bonchev–Trinajstić information content (AvgIpc) is 3.34. The molecule has 11 nitrogen and oxygen atoms in total. The molecule has 0 heterocycles. The summed E-state index contributed by atoms with van der Waals surface area (Å²) in [6, 6.07) is -1.57. The summed E-state index contributed by atoms with van der Waals surface area (Å²) in [4.78, 5) is 46.2. The predicted molar refractivity (Wildman–Crippen MR) is 291 cm³/mol. The van der Waals surface area contributed by atoms with Crippen LogP contribution in [0.4, 0.5) is 0 Å². The van der Waals surface area contributed by atoms with Crippen molar-refractivity contribution in [3.05, 3.63) is 72.9 Å². The SMILES string of the molecule is CC/C=C\C/C=C\C/C=C\C/C=C\C/C=C\C/C=C\CCCCCCC(=O)NC(COP(=O)(O)OCC(O)COC(=O)CCCCCCCCCCCCCCCCCCCCCCCCC)C(=O)O. The predicted octanol–water partition coefficient (Wildman–Crippen LogP) is 16.0. The molecule has 0 aromatic heterocycles. The van der Waals surface area contributed by atoms with Crippen molar-refractivity contribution < 1.29 is 47.8 Å². The lowest BCUT2D eigenvalue weighted by molar-refractivity contribution is -0.147. The molecular weight excluding hydrogens is 902 g/mol. The van der Waals surface area contributed by atoms with Crippen molar-refractivity contribution >= 4 is 25.7 Å². The first kappa shape index (κ1) is 66.9. The second-order valence-electron chi connectivity index (χ2n) is 18.8. The highest BCUT2D eigenvalue weighted by atomic mass is 31.2. The molecule has 0 saturated carbocycles. The minimum absolute atomic E-state index is 0.113. The maximum atomic E-state index is 12.4. The molecule has 0 rings (SSSR count). The Morgan fingerprint density at radius 2 is 0.829 bits per heavy atom. The second kappa shape index (κ2) is 52.2. The zero-order chi connectivity index (χ0) is 51.3. The third-order valence-corrected chi connectivity index (χ3v) is 13.0. The van der Waals surface area contributed by atoms with Gasteiger partial charge in [-0.2, -0.15) is 0 Å². The summed E-state index contributed by atoms with van der Waals surface area (Å²) in [6.07, 6.45) is 65.0. The van der Waals surface area contributed by atoms with Crippen LogP contribution in [0.15, 0.2) is 72.9 Å². The van der Waals surface area contributed by atoms with Gasteiger partial charge < -0.3 is 25.2 Å². The minimum Gasteiger partial charge on any atom is -0.480 e. The highest BCUT2D eigenvalue weighted by molar-refractivity contribution is 7.47. The number of carbonyl (C=O) groups excluding carboxylic acids is 2. The number of hydrogen-bond acceptors (Lipinski definition) is 8. The Bertz CT molecular complexity index is 1460. The van der Waals surface area contributed by atoms with Gasteiger partial charge in [-0.05, 0) is 64.2 Å². The smallest absolute Gasteiger partial charge is 0.472 e. The molecule has 404 valence electrons. The molecule has 0 aliphatic carbocycles. The van der Waals surface area contributed by atoms with Crippen LogP contribution in [-0.2, 0) is 32.7 Å². The van der Waals surface area contributed by atoms with Crippen LogP contribution in [0.2, 0.25) is 0 Å². The van der Waals surface area contributed by atoms with Gasteiger partial charge in [-0.15, -0.1) is 0 Å². The lowest BCUT2D eigenvalue weighted by atomic mass is 10.0. The standard InChI is InChI=1S/C58H102NO10P/c1-3-5-7-9-11-13-15-17-19-21-23-25-27-29-31-33-35-37-39-41-43-45-47-49-56(61)59-55(58(63)64)53-69-70(65,66)68-52-54(60)51-67-57(62)50-48-46-44-42-40-38-36-34-32-30-28-26-24-22-20-18-16-14-12-10-8-6-4-2/h5,7,11,13,17,19,23,25,29,31,35,37,54-55,60H,3-4,6,8-10,12,14-16,18,20-22,24,26-28,30,32-34,36,38-53H2,1-2H3,(H,59,61)(H,63,64)(H,65,66)/b7-5-,13-11-,19-17-,25-23-,31-29-,37-35-. The molecule has 70 heavy (non-hydrogen) atoms. The molecule has 3 atom stereocenters. The van der Waals surface area contributed by atoms with Crippen LogP contribution >= 0.6 is 7.82 Å². The Kier molecular flexibility index (Phi) is 50.0. The van der Waals surface area contributed by atoms with Crippen LogP contribution in [0.1, 0.15) is 245 Å². The van der Waals surface area contributed by atoms with E-state index in [4.69, 9.17) is 13.8 Å². The molecule has 0 spiro atoms. The average molecular weight is 1000 g/mol. The van der Waals surface area contributed by atoms with E-state index in [9.17, 15) is 34.1 Å². The first-order valence-corrected chi connectivity index (χ1v) is 29.5. The fourth-order valence-corrected chi connectivity index (χ4v) is 8.51. The zero-order valence-electron chi connectivity index (χ0n) is 44.3. The third kappa shape index (κ3) is 51.3. The number of aliphatic carboxylic acids is 1. The van der Waals surface area contributed by atoms with Gasteiger partial charge in [-0.3, -0.25) is 18.6 Å². The molecule has 3 unspecified atom stereocenters. The fraction of sp³-hybridized carbons (Fsp3) is 0.741. The minimum atomic E-state index is -4.78. The topological polar surface area (TPSA) is 169 Å². The summed E-state index contributed by atoms with van der Waals surface area (Å²) in [5, 5.41) is 22.0. The van der Waals surface area contributed by atoms with Crippen molar-refractivity contribution in [3.63, 3.8) is 0 Å². The van der Waals surface area contributed by atoms with Crippen LogP contribution in [-0.4, -0.2) is 64.9 Å². The first-order valence-electron chi connectivity index (χ1n) is 28.0. The number of carboxylic acids is 1. The second-order valence-corrected chi connectivity index (χ2v) is 20.2. The summed E-state index contributed by atoms with van der Waals surface area (Å²) in [7, 11) is -4.78. The van der Waals surface area contributed by atoms with Crippen LogP contribution in [0, 0.1) is 0 Å². The van der Waals surface area contributed by atoms with E-state index in [0.29, 0.717) is 12.8 Å². The fourth-order valence-electron chi connectivity index (χ4n) is 7.73. The normalized spacial score (nSPS) is 14.0. The van der Waals surface area contributed by atoms with Crippen LogP contribution in [0.3, 0.4) is 0 Å². The Hall–Kier alpha value is -3.08. The van der Waals surface area contributed by atoms with Crippen molar-refractivity contribution in [1.82, 2.24) is 5.32 Å². The van der Waals surface area contributed by atoms with Gasteiger partial charge in [-0.1, -0.05) is 241 Å². The van der Waals surface area contributed by atoms with Gasteiger partial charge in [-0.25, -0.2) is 9.36 Å². The van der Waals surface area contributed by atoms with Crippen LogP contribution < -0.4 is 5.32 Å². The number of phosphoric acid groups is 1. The van der Waals surface area contributed by atoms with E-state index in [2.05, 4.69) is 92.1 Å². The van der Waals surface area contributed by atoms with Crippen LogP contribution in [0.5, 0.6) is 0 Å². The molecule has 0 aliphatic heterocycles. The van der Waals surface area contributed by atoms with E-state index in [1.807, 2.05) is 0 Å². The van der Waals surface area contributed by atoms with E-state index in [0.717, 1.165) is 83.5 Å². The highest BCUT2D eigenvalue weighted by Gasteiger charge is 2.28. The number of ether oxygens (including phenoxy) is 1. The maximum Gasteiger partial charge on any atom is 0.472 e. The summed E-state index contributed by atoms with van der Waals surface area (Å²) < 4.78 is 27.0. The number of amides is 1. The molecule has 0 bridgehead atoms. The zero-order valence-corrected chi connectivity index (χ0v) is 45.2.